The summed E-state index contributed by atoms with van der Waals surface area (Å²) in [5, 5.41) is 0. The minimum Gasteiger partial charge on any atom is -0.372 e. The Hall–Kier alpha value is 7.73. The van der Waals surface area contributed by atoms with Crippen LogP contribution in [-0.4, -0.2) is 0 Å². The van der Waals surface area contributed by atoms with E-state index in [1.807, 2.05) is 0 Å². The van der Waals surface area contributed by atoms with E-state index in [1.165, 1.54) is 212 Å². The first kappa shape index (κ1) is 131. The first-order chi connectivity index (χ1) is 38.6. The van der Waals surface area contributed by atoms with E-state index in [0.29, 0.717) is 10.8 Å². The average molecular weight is 1800 g/mol. The molecule has 0 saturated heterocycles. The Labute approximate surface area is 763 Å². The molecule has 7 saturated carbocycles. The summed E-state index contributed by atoms with van der Waals surface area (Å²) in [5.74, 6) is 9.29. The quantitative estimate of drug-likeness (QED) is 0.241. The van der Waals surface area contributed by atoms with E-state index in [2.05, 4.69) is 228 Å². The van der Waals surface area contributed by atoms with Gasteiger partial charge in [-0.25, -0.2) is 25.7 Å². The van der Waals surface area contributed by atoms with Gasteiger partial charge < -0.3 is 101 Å². The molecule has 7 fully saturated rings. The normalized spacial score (nSPS) is 18.7. The Kier molecular flexibility index (Phi) is 128. The first-order valence-electron chi connectivity index (χ1n) is 36.3. The topological polar surface area (TPSA) is 0 Å². The SMILES string of the molecule is CC(C)C.CC(C)C.CC(C)C.CC(C)C.CC(C)C.CC(C)C.CC(C)C.[CH2-]C1([CH2-])CCCCC1.[CH2-]C1([CH2-])CCCCC1.[CH2-]C1([CH2-])CCCCC1.[CH2-]CC1([CH2-])CCCC1.[CH2-]CC1([CH2-])CCCC1.[CH2-]CC[C-]1CCCC1.[CH2-]C[C-]1CCCCC1.[Y].[Y].[Y].[Y].[Y].[Y].[Y]. The van der Waals surface area contributed by atoms with Gasteiger partial charge >= 0.3 is 0 Å². The van der Waals surface area contributed by atoms with Crippen molar-refractivity contribution in [2.75, 3.05) is 0 Å². The zero-order valence-corrected chi connectivity index (χ0v) is 87.1. The molecule has 0 N–H and O–H groups in total. The monoisotopic (exact) mass is 1800 g/mol. The van der Waals surface area contributed by atoms with Crippen LogP contribution in [0, 0.1) is 163 Å². The van der Waals surface area contributed by atoms with E-state index in [4.69, 9.17) is 0 Å². The minimum atomic E-state index is 0. The molecular weight excluding hydrogens is 1630 g/mol. The van der Waals surface area contributed by atoms with Crippen LogP contribution in [0.4, 0.5) is 0 Å². The van der Waals surface area contributed by atoms with Crippen LogP contribution in [-0.2, 0) is 229 Å². The summed E-state index contributed by atoms with van der Waals surface area (Å²) in [6.45, 7) is 93.3. The molecule has 0 aromatic rings. The van der Waals surface area contributed by atoms with Crippen LogP contribution in [0.5, 0.6) is 0 Å². The molecule has 0 nitrogen and oxygen atoms in total. The van der Waals surface area contributed by atoms with Gasteiger partial charge in [0, 0.05) is 229 Å². The molecule has 7 radical (unpaired) electrons. The summed E-state index contributed by atoms with van der Waals surface area (Å²) in [7, 11) is 0. The fourth-order valence-corrected chi connectivity index (χ4v) is 9.33. The molecule has 0 bridgehead atoms. The van der Waals surface area contributed by atoms with E-state index in [1.54, 1.807) is 11.8 Å². The predicted octanol–water partition coefficient (Wildman–Crippen LogP) is 30.1. The molecule has 7 aliphatic rings. The summed E-state index contributed by atoms with van der Waals surface area (Å²) >= 11 is 0. The van der Waals surface area contributed by atoms with Crippen molar-refractivity contribution in [2.24, 2.45) is 68.5 Å². The van der Waals surface area contributed by atoms with Crippen molar-refractivity contribution in [1.82, 2.24) is 0 Å². The number of rotatable bonds is 5. The smallest absolute Gasteiger partial charge is 0 e. The Balaban J connectivity index is -0.0000000588. The Morgan fingerprint density at radius 3 is 0.516 bits per heavy atom. The molecule has 7 heteroatoms. The van der Waals surface area contributed by atoms with Gasteiger partial charge in [-0.2, -0.15) is 36.5 Å². The van der Waals surface area contributed by atoms with Crippen LogP contribution in [0.3, 0.4) is 0 Å². The molecule has 7 aliphatic carbocycles. The molecule has 0 atom stereocenters. The van der Waals surface area contributed by atoms with Gasteiger partial charge in [0.2, 0.25) is 0 Å². The molecule has 0 aromatic carbocycles. The summed E-state index contributed by atoms with van der Waals surface area (Å²) in [6, 6.07) is 0. The molecule has 0 aliphatic heterocycles. The largest absolute Gasteiger partial charge is 0.372 e. The Morgan fingerprint density at radius 2 is 0.396 bits per heavy atom. The van der Waals surface area contributed by atoms with Gasteiger partial charge in [-0.3, -0.25) is 16.2 Å². The van der Waals surface area contributed by atoms with Gasteiger partial charge in [0.1, 0.15) is 0 Å². The van der Waals surface area contributed by atoms with Gasteiger partial charge in [0.05, 0.1) is 0 Å². The molecule has 91 heavy (non-hydrogen) atoms. The second kappa shape index (κ2) is 88.4. The maximum atomic E-state index is 4.12. The molecular formula is C84H168Y7-14. The zero-order valence-electron chi connectivity index (χ0n) is 67.2. The average Bonchev–Trinajstić information content (AvgIpc) is 4.16. The van der Waals surface area contributed by atoms with Crippen LogP contribution in [0.15, 0.2) is 0 Å². The standard InChI is InChI=1S/7C8H14.7C4H10.7Y/c3*1-8(2)6-4-3-5-7-8;2*1-3-8(2)6-4-5-7-8;1-2-8-6-4-3-5-7-8;1-2-5-8-6-3-4-7-8;7*1-4(2)3;;;;;;;/h7*1-7H2;7*4H,1-3H3;;;;;;;/q7*-2;;;;;;;;;;;;;;. The maximum absolute atomic E-state index is 4.12. The van der Waals surface area contributed by atoms with Gasteiger partial charge in [-0.05, 0) is 41.4 Å². The fraction of sp³-hybridized carbons (Fsp3) is 0.833. The van der Waals surface area contributed by atoms with Crippen molar-refractivity contribution in [3.63, 3.8) is 0 Å². The number of hydrogen-bond donors (Lipinski definition) is 0. The van der Waals surface area contributed by atoms with Crippen LogP contribution in [0.1, 0.15) is 383 Å². The molecule has 0 aromatic heterocycles. The Morgan fingerprint density at radius 1 is 0.242 bits per heavy atom. The summed E-state index contributed by atoms with van der Waals surface area (Å²) in [5.41, 5.74) is 1.29. The molecule has 0 unspecified atom stereocenters. The molecule has 0 spiro atoms. The fourth-order valence-electron chi connectivity index (χ4n) is 9.33. The van der Waals surface area contributed by atoms with Crippen molar-refractivity contribution in [3.8, 4) is 0 Å². The molecule has 539 valence electrons. The van der Waals surface area contributed by atoms with Crippen LogP contribution in [0.25, 0.3) is 0 Å². The van der Waals surface area contributed by atoms with Crippen LogP contribution >= 0.6 is 0 Å². The van der Waals surface area contributed by atoms with Crippen LogP contribution in [0.2, 0.25) is 0 Å². The number of hydrogen-bond acceptors (Lipinski definition) is 0. The Bertz CT molecular complexity index is 1040. The third-order valence-electron chi connectivity index (χ3n) is 13.9. The molecule has 0 heterocycles. The minimum absolute atomic E-state index is 0. The van der Waals surface area contributed by atoms with Crippen LogP contribution < -0.4 is 0 Å². The van der Waals surface area contributed by atoms with Crippen molar-refractivity contribution in [2.45, 2.75) is 383 Å². The van der Waals surface area contributed by atoms with Crippen molar-refractivity contribution >= 4 is 0 Å². The summed E-state index contributed by atoms with van der Waals surface area (Å²) in [6.07, 6.45) is 48.5. The van der Waals surface area contributed by atoms with Gasteiger partial charge in [0.15, 0.2) is 0 Å². The van der Waals surface area contributed by atoms with E-state index >= 15 is 0 Å². The summed E-state index contributed by atoms with van der Waals surface area (Å²) in [4.78, 5) is 0. The third kappa shape index (κ3) is 134. The van der Waals surface area contributed by atoms with Crippen molar-refractivity contribution in [3.05, 3.63) is 94.9 Å². The second-order valence-corrected chi connectivity index (χ2v) is 32.3. The molecule has 7 rings (SSSR count). The van der Waals surface area contributed by atoms with E-state index in [9.17, 15) is 0 Å². The predicted molar refractivity (Wildman–Crippen MR) is 397 cm³/mol. The van der Waals surface area contributed by atoms with Crippen molar-refractivity contribution < 1.29 is 229 Å². The van der Waals surface area contributed by atoms with Crippen molar-refractivity contribution in [1.29, 1.82) is 0 Å². The van der Waals surface area contributed by atoms with E-state index in [0.717, 1.165) is 67.1 Å². The van der Waals surface area contributed by atoms with Gasteiger partial charge in [-0.15, -0.1) is 38.5 Å². The first-order valence-corrected chi connectivity index (χ1v) is 36.3. The zero-order chi connectivity index (χ0) is 66.9. The van der Waals surface area contributed by atoms with E-state index in [-0.39, 0.29) is 245 Å². The molecule has 0 amide bonds. The van der Waals surface area contributed by atoms with Gasteiger partial charge in [0.25, 0.3) is 0 Å². The second-order valence-electron chi connectivity index (χ2n) is 32.3. The van der Waals surface area contributed by atoms with E-state index < -0.39 is 0 Å². The van der Waals surface area contributed by atoms with Gasteiger partial charge in [-0.1, -0.05) is 287 Å². The maximum Gasteiger partial charge on any atom is 0 e. The third-order valence-corrected chi connectivity index (χ3v) is 13.9. The summed E-state index contributed by atoms with van der Waals surface area (Å²) < 4.78 is 0.